The molecule has 1 aromatic heterocycles. The van der Waals surface area contributed by atoms with Gasteiger partial charge in [0.05, 0.1) is 16.9 Å². The SMILES string of the molecule is O=C(O)CC1(C(=O)O)CSc2[nH]c(=O)sc2C1c1ccccc1O. The fourth-order valence-corrected chi connectivity index (χ4v) is 5.57. The summed E-state index contributed by atoms with van der Waals surface area (Å²) in [6, 6.07) is 6.21. The number of carboxylic acids is 2. The van der Waals surface area contributed by atoms with E-state index in [2.05, 4.69) is 4.98 Å². The van der Waals surface area contributed by atoms with E-state index in [0.717, 1.165) is 23.1 Å². The number of H-pyrrole nitrogens is 1. The average molecular weight is 367 g/mol. The number of nitrogens with one attached hydrogen (secondary N) is 1. The summed E-state index contributed by atoms with van der Waals surface area (Å²) in [7, 11) is 0. The van der Waals surface area contributed by atoms with Crippen molar-refractivity contribution in [1.29, 1.82) is 0 Å². The Hall–Kier alpha value is -2.26. The van der Waals surface area contributed by atoms with E-state index in [4.69, 9.17) is 0 Å². The Balaban J connectivity index is 2.29. The van der Waals surface area contributed by atoms with Gasteiger partial charge >= 0.3 is 16.8 Å². The second kappa shape index (κ2) is 5.99. The number of hydrogen-bond donors (Lipinski definition) is 4. The van der Waals surface area contributed by atoms with Gasteiger partial charge in [-0.3, -0.25) is 14.4 Å². The first-order chi connectivity index (χ1) is 11.3. The molecule has 1 aromatic carbocycles. The van der Waals surface area contributed by atoms with E-state index in [0.29, 0.717) is 15.5 Å². The van der Waals surface area contributed by atoms with Crippen LogP contribution in [-0.2, 0) is 9.59 Å². The lowest BCUT2D eigenvalue weighted by molar-refractivity contribution is -0.155. The van der Waals surface area contributed by atoms with Crippen molar-refractivity contribution in [3.63, 3.8) is 0 Å². The van der Waals surface area contributed by atoms with Crippen LogP contribution in [0.3, 0.4) is 0 Å². The van der Waals surface area contributed by atoms with Crippen molar-refractivity contribution in [2.45, 2.75) is 17.4 Å². The van der Waals surface area contributed by atoms with Crippen molar-refractivity contribution < 1.29 is 24.9 Å². The van der Waals surface area contributed by atoms with E-state index in [1.165, 1.54) is 6.07 Å². The van der Waals surface area contributed by atoms with Crippen molar-refractivity contribution in [3.8, 4) is 5.75 Å². The number of aromatic amines is 1. The van der Waals surface area contributed by atoms with Crippen LogP contribution in [-0.4, -0.2) is 38.0 Å². The highest BCUT2D eigenvalue weighted by Gasteiger charge is 2.53. The van der Waals surface area contributed by atoms with Crippen LogP contribution in [0.2, 0.25) is 0 Å². The van der Waals surface area contributed by atoms with E-state index >= 15 is 0 Å². The lowest BCUT2D eigenvalue weighted by Crippen LogP contribution is -2.44. The van der Waals surface area contributed by atoms with Crippen molar-refractivity contribution in [2.24, 2.45) is 5.41 Å². The lowest BCUT2D eigenvalue weighted by atomic mass is 9.70. The molecule has 126 valence electrons. The number of carbonyl (C=O) groups is 2. The molecule has 2 aromatic rings. The molecule has 1 aliphatic rings. The van der Waals surface area contributed by atoms with Crippen LogP contribution < -0.4 is 4.87 Å². The number of fused-ring (bicyclic) bond motifs is 1. The maximum atomic E-state index is 12.1. The number of benzene rings is 1. The van der Waals surface area contributed by atoms with Crippen LogP contribution in [0.5, 0.6) is 5.75 Å². The van der Waals surface area contributed by atoms with Crippen molar-refractivity contribution in [1.82, 2.24) is 4.98 Å². The smallest absolute Gasteiger partial charge is 0.312 e. The zero-order chi connectivity index (χ0) is 17.5. The van der Waals surface area contributed by atoms with Gasteiger partial charge in [-0.25, -0.2) is 0 Å². The second-order valence-electron chi connectivity index (χ2n) is 5.52. The number of thiazole rings is 1. The van der Waals surface area contributed by atoms with Crippen LogP contribution >= 0.6 is 23.1 Å². The topological polar surface area (TPSA) is 128 Å². The molecule has 7 nitrogen and oxygen atoms in total. The summed E-state index contributed by atoms with van der Waals surface area (Å²) in [6.07, 6.45) is -0.611. The first kappa shape index (κ1) is 16.6. The first-order valence-corrected chi connectivity index (χ1v) is 8.74. The molecule has 0 fully saturated rings. The molecule has 0 radical (unpaired) electrons. The van der Waals surface area contributed by atoms with Gasteiger partial charge in [0.15, 0.2) is 0 Å². The van der Waals surface area contributed by atoms with Crippen molar-refractivity contribution in [3.05, 3.63) is 44.4 Å². The summed E-state index contributed by atoms with van der Waals surface area (Å²) in [5.41, 5.74) is -1.36. The predicted octanol–water partition coefficient (Wildman–Crippen LogP) is 1.93. The monoisotopic (exact) mass is 367 g/mol. The number of phenols is 1. The van der Waals surface area contributed by atoms with E-state index in [-0.39, 0.29) is 16.4 Å². The number of para-hydroxylation sites is 1. The number of hydrogen-bond acceptors (Lipinski definition) is 6. The van der Waals surface area contributed by atoms with Crippen LogP contribution in [0, 0.1) is 5.41 Å². The maximum Gasteiger partial charge on any atom is 0.312 e. The molecule has 0 saturated heterocycles. The molecule has 2 unspecified atom stereocenters. The second-order valence-corrected chi connectivity index (χ2v) is 7.52. The number of rotatable bonds is 4. The number of carboxylic acid groups (broad SMARTS) is 2. The van der Waals surface area contributed by atoms with Crippen molar-refractivity contribution in [2.75, 3.05) is 5.75 Å². The standard InChI is InChI=1S/C15H13NO6S2/c17-8-4-2-1-3-7(8)10-11-12(16-14(22)24-11)23-6-15(10,13(20)21)5-9(18)19/h1-4,10,17H,5-6H2,(H,16,22)(H,18,19)(H,20,21). The third kappa shape index (κ3) is 2.59. The molecule has 2 heterocycles. The number of aromatic hydroxyl groups is 1. The summed E-state index contributed by atoms with van der Waals surface area (Å²) in [5.74, 6) is -3.58. The fourth-order valence-electron chi connectivity index (χ4n) is 3.01. The minimum atomic E-state index is -1.66. The van der Waals surface area contributed by atoms with Gasteiger partial charge in [0, 0.05) is 22.1 Å². The maximum absolute atomic E-state index is 12.1. The average Bonchev–Trinajstić information content (AvgIpc) is 2.87. The van der Waals surface area contributed by atoms with E-state index in [1.54, 1.807) is 18.2 Å². The Labute approximate surface area is 144 Å². The third-order valence-corrected chi connectivity index (χ3v) is 6.42. The quantitative estimate of drug-likeness (QED) is 0.650. The van der Waals surface area contributed by atoms with Gasteiger partial charge in [-0.05, 0) is 6.07 Å². The van der Waals surface area contributed by atoms with E-state index in [9.17, 15) is 29.7 Å². The van der Waals surface area contributed by atoms with Gasteiger partial charge in [0.25, 0.3) is 0 Å². The first-order valence-electron chi connectivity index (χ1n) is 6.94. The number of aromatic nitrogens is 1. The Morgan fingerprint density at radius 3 is 2.62 bits per heavy atom. The van der Waals surface area contributed by atoms with Gasteiger partial charge < -0.3 is 20.3 Å². The molecule has 0 saturated carbocycles. The summed E-state index contributed by atoms with van der Waals surface area (Å²) in [6.45, 7) is 0. The fraction of sp³-hybridized carbons (Fsp3) is 0.267. The molecule has 3 rings (SSSR count). The molecule has 4 N–H and O–H groups in total. The van der Waals surface area contributed by atoms with Gasteiger partial charge in [-0.1, -0.05) is 29.5 Å². The summed E-state index contributed by atoms with van der Waals surface area (Å²) < 4.78 is 0. The van der Waals surface area contributed by atoms with E-state index < -0.39 is 29.7 Å². The molecule has 1 aliphatic heterocycles. The van der Waals surface area contributed by atoms with Crippen molar-refractivity contribution >= 4 is 35.0 Å². The summed E-state index contributed by atoms with van der Waals surface area (Å²) in [4.78, 5) is 37.9. The summed E-state index contributed by atoms with van der Waals surface area (Å²) >= 11 is 1.97. The molecule has 0 amide bonds. The zero-order valence-corrected chi connectivity index (χ0v) is 13.8. The lowest BCUT2D eigenvalue weighted by Gasteiger charge is -2.39. The summed E-state index contributed by atoms with van der Waals surface area (Å²) in [5, 5.41) is 29.9. The number of aliphatic carboxylic acids is 2. The molecule has 2 atom stereocenters. The molecule has 24 heavy (non-hydrogen) atoms. The van der Waals surface area contributed by atoms with E-state index in [1.807, 2.05) is 0 Å². The molecular formula is C15H13NO6S2. The predicted molar refractivity (Wildman–Crippen MR) is 87.9 cm³/mol. The normalized spacial score (nSPS) is 22.8. The Morgan fingerprint density at radius 2 is 2.00 bits per heavy atom. The Morgan fingerprint density at radius 1 is 1.29 bits per heavy atom. The highest BCUT2D eigenvalue weighted by atomic mass is 32.2. The minimum absolute atomic E-state index is 0.0205. The van der Waals surface area contributed by atoms with Crippen LogP contribution in [0.4, 0.5) is 0 Å². The molecule has 0 spiro atoms. The van der Waals surface area contributed by atoms with Crippen LogP contribution in [0.1, 0.15) is 22.8 Å². The van der Waals surface area contributed by atoms with Gasteiger partial charge in [-0.2, -0.15) is 0 Å². The largest absolute Gasteiger partial charge is 0.508 e. The Kier molecular flexibility index (Phi) is 4.14. The number of thioether (sulfide) groups is 1. The minimum Gasteiger partial charge on any atom is -0.508 e. The zero-order valence-electron chi connectivity index (χ0n) is 12.2. The molecule has 0 bridgehead atoms. The van der Waals surface area contributed by atoms with Crippen LogP contribution in [0.15, 0.2) is 34.1 Å². The molecular weight excluding hydrogens is 354 g/mol. The van der Waals surface area contributed by atoms with Crippen LogP contribution in [0.25, 0.3) is 0 Å². The molecule has 0 aliphatic carbocycles. The highest BCUT2D eigenvalue weighted by molar-refractivity contribution is 7.99. The number of phenolic OH excluding ortho intramolecular Hbond substituents is 1. The third-order valence-electron chi connectivity index (χ3n) is 4.07. The van der Waals surface area contributed by atoms with Gasteiger partial charge in [0.2, 0.25) is 0 Å². The highest BCUT2D eigenvalue weighted by Crippen LogP contribution is 2.55. The van der Waals surface area contributed by atoms with Gasteiger partial charge in [0.1, 0.15) is 5.75 Å². The Bertz CT molecular complexity index is 873. The van der Waals surface area contributed by atoms with Gasteiger partial charge in [-0.15, -0.1) is 11.8 Å². The molecule has 9 heteroatoms.